The molecule has 53 heavy (non-hydrogen) atoms. The van der Waals surface area contributed by atoms with Crippen molar-refractivity contribution < 1.29 is 0 Å². The van der Waals surface area contributed by atoms with Gasteiger partial charge in [0.15, 0.2) is 0 Å². The lowest BCUT2D eigenvalue weighted by Crippen LogP contribution is -2.39. The van der Waals surface area contributed by atoms with Gasteiger partial charge in [-0.25, -0.2) is 0 Å². The van der Waals surface area contributed by atoms with E-state index in [1.807, 2.05) is 0 Å². The second-order valence-electron chi connectivity index (χ2n) is 14.9. The highest BCUT2D eigenvalue weighted by Crippen LogP contribution is 2.52. The van der Waals surface area contributed by atoms with Crippen LogP contribution >= 0.6 is 0 Å². The van der Waals surface area contributed by atoms with Crippen LogP contribution in [0.15, 0.2) is 194 Å². The summed E-state index contributed by atoms with van der Waals surface area (Å²) in [6.07, 6.45) is 4.82. The normalized spacial score (nSPS) is 17.0. The molecule has 0 aromatic heterocycles. The van der Waals surface area contributed by atoms with Crippen LogP contribution in [0.4, 0.5) is 11.4 Å². The van der Waals surface area contributed by atoms with E-state index in [2.05, 4.69) is 220 Å². The van der Waals surface area contributed by atoms with Crippen molar-refractivity contribution >= 4 is 22.5 Å². The molecule has 0 saturated heterocycles. The molecule has 2 atom stereocenters. The number of nitrogens with zero attached hydrogens (tertiary/aromatic N) is 1. The Morgan fingerprint density at radius 2 is 0.925 bits per heavy atom. The summed E-state index contributed by atoms with van der Waals surface area (Å²) in [7, 11) is 0. The fraction of sp³-hybridized carbons (Fsp3) is 0.115. The lowest BCUT2D eigenvalue weighted by Gasteiger charge is -2.42. The number of anilines is 2. The minimum Gasteiger partial charge on any atom is -0.333 e. The van der Waals surface area contributed by atoms with Crippen molar-refractivity contribution in [2.45, 2.75) is 32.2 Å². The summed E-state index contributed by atoms with van der Waals surface area (Å²) in [5, 5.41) is 0. The van der Waals surface area contributed by atoms with Gasteiger partial charge in [0.1, 0.15) is 0 Å². The number of hydrogen-bond acceptors (Lipinski definition) is 1. The minimum atomic E-state index is -0.110. The van der Waals surface area contributed by atoms with E-state index in [9.17, 15) is 0 Å². The average molecular weight is 682 g/mol. The van der Waals surface area contributed by atoms with Crippen LogP contribution in [0, 0.1) is 5.92 Å². The first-order valence-corrected chi connectivity index (χ1v) is 18.8. The molecule has 1 heteroatoms. The fourth-order valence-corrected chi connectivity index (χ4v) is 8.84. The molecule has 0 saturated carbocycles. The standard InChI is InChI=1S/C52H43N/c1-36-31-33-47(43-27-15-13-25-41(43)37-19-7-4-8-20-37)50(46-29-16-14-26-42(46)38-21-9-5-10-22-38)51(36)53(39-23-11-6-12-24-39)40-32-34-45-44-28-17-18-30-48(44)52(2,3)49(45)35-40/h4-36,51H,1-3H3. The molecule has 0 bridgehead atoms. The van der Waals surface area contributed by atoms with Gasteiger partial charge in [0, 0.05) is 16.8 Å². The molecule has 0 aliphatic heterocycles. The van der Waals surface area contributed by atoms with Crippen molar-refractivity contribution in [1.29, 1.82) is 0 Å². The van der Waals surface area contributed by atoms with Gasteiger partial charge < -0.3 is 4.90 Å². The largest absolute Gasteiger partial charge is 0.333 e. The van der Waals surface area contributed by atoms with E-state index in [4.69, 9.17) is 0 Å². The summed E-state index contributed by atoms with van der Waals surface area (Å²) in [5.41, 5.74) is 17.7. The lowest BCUT2D eigenvalue weighted by atomic mass is 9.75. The first-order valence-electron chi connectivity index (χ1n) is 18.8. The highest BCUT2D eigenvalue weighted by atomic mass is 15.2. The summed E-state index contributed by atoms with van der Waals surface area (Å²) in [6.45, 7) is 7.13. The third-order valence-electron chi connectivity index (χ3n) is 11.4. The topological polar surface area (TPSA) is 3.24 Å². The summed E-state index contributed by atoms with van der Waals surface area (Å²) in [5.74, 6) is 0.195. The third-order valence-corrected chi connectivity index (χ3v) is 11.4. The second-order valence-corrected chi connectivity index (χ2v) is 14.9. The number of rotatable bonds is 7. The number of allylic oxidation sites excluding steroid dienone is 2. The van der Waals surface area contributed by atoms with Crippen LogP contribution in [0.2, 0.25) is 0 Å². The Labute approximate surface area is 314 Å². The van der Waals surface area contributed by atoms with Crippen molar-refractivity contribution in [3.8, 4) is 33.4 Å². The molecule has 1 nitrogen and oxygen atoms in total. The van der Waals surface area contributed by atoms with E-state index in [1.54, 1.807) is 0 Å². The highest BCUT2D eigenvalue weighted by molar-refractivity contribution is 6.06. The summed E-state index contributed by atoms with van der Waals surface area (Å²) in [4.78, 5) is 2.62. The van der Waals surface area contributed by atoms with E-state index in [0.29, 0.717) is 0 Å². The SMILES string of the molecule is CC1C=CC(c2ccccc2-c2ccccc2)=C(c2ccccc2-c2ccccc2)C1N(c1ccccc1)c1ccc2c(c1)C(C)(C)c1ccccc1-2. The number of para-hydroxylation sites is 1. The van der Waals surface area contributed by atoms with Crippen molar-refractivity contribution in [2.24, 2.45) is 5.92 Å². The Morgan fingerprint density at radius 3 is 1.57 bits per heavy atom. The molecule has 9 rings (SSSR count). The van der Waals surface area contributed by atoms with Crippen LogP contribution in [0.25, 0.3) is 44.5 Å². The van der Waals surface area contributed by atoms with Crippen molar-refractivity contribution in [3.63, 3.8) is 0 Å². The average Bonchev–Trinajstić information content (AvgIpc) is 3.45. The van der Waals surface area contributed by atoms with Crippen LogP contribution in [0.1, 0.15) is 43.0 Å². The third kappa shape index (κ3) is 5.65. The molecule has 0 heterocycles. The first-order chi connectivity index (χ1) is 26.0. The zero-order valence-corrected chi connectivity index (χ0v) is 30.6. The quantitative estimate of drug-likeness (QED) is 0.162. The molecule has 0 N–H and O–H groups in total. The molecule has 0 radical (unpaired) electrons. The summed E-state index contributed by atoms with van der Waals surface area (Å²) < 4.78 is 0. The molecule has 0 fully saturated rings. The molecular weight excluding hydrogens is 639 g/mol. The van der Waals surface area contributed by atoms with Crippen molar-refractivity contribution in [1.82, 2.24) is 0 Å². The summed E-state index contributed by atoms with van der Waals surface area (Å²) >= 11 is 0. The highest BCUT2D eigenvalue weighted by Gasteiger charge is 2.38. The van der Waals surface area contributed by atoms with Gasteiger partial charge in [-0.1, -0.05) is 191 Å². The van der Waals surface area contributed by atoms with E-state index in [1.165, 1.54) is 78.2 Å². The second kappa shape index (κ2) is 13.4. The number of benzene rings is 7. The van der Waals surface area contributed by atoms with Crippen LogP contribution in [0.3, 0.4) is 0 Å². The van der Waals surface area contributed by atoms with Gasteiger partial charge in [-0.15, -0.1) is 0 Å². The molecular formula is C52H43N. The monoisotopic (exact) mass is 681 g/mol. The van der Waals surface area contributed by atoms with E-state index >= 15 is 0 Å². The van der Waals surface area contributed by atoms with Crippen LogP contribution < -0.4 is 4.90 Å². The Morgan fingerprint density at radius 1 is 0.434 bits per heavy atom. The smallest absolute Gasteiger partial charge is 0.0663 e. The van der Waals surface area contributed by atoms with Gasteiger partial charge in [-0.3, -0.25) is 0 Å². The van der Waals surface area contributed by atoms with Crippen molar-refractivity contribution in [2.75, 3.05) is 4.90 Å². The predicted molar refractivity (Wildman–Crippen MR) is 225 cm³/mol. The Kier molecular flexibility index (Phi) is 8.28. The Hall–Kier alpha value is -6.18. The van der Waals surface area contributed by atoms with Gasteiger partial charge in [-0.05, 0) is 97.0 Å². The molecule has 2 unspecified atom stereocenters. The van der Waals surface area contributed by atoms with Gasteiger partial charge in [0.25, 0.3) is 0 Å². The van der Waals surface area contributed by atoms with E-state index in [-0.39, 0.29) is 17.4 Å². The number of hydrogen-bond donors (Lipinski definition) is 0. The predicted octanol–water partition coefficient (Wildman–Crippen LogP) is 13.7. The zero-order chi connectivity index (χ0) is 35.9. The molecule has 2 aliphatic rings. The lowest BCUT2D eigenvalue weighted by molar-refractivity contribution is 0.622. The van der Waals surface area contributed by atoms with E-state index in [0.717, 1.165) is 0 Å². The van der Waals surface area contributed by atoms with Crippen LogP contribution in [0.5, 0.6) is 0 Å². The molecule has 0 spiro atoms. The molecule has 0 amide bonds. The Bertz CT molecular complexity index is 2490. The zero-order valence-electron chi connectivity index (χ0n) is 30.6. The van der Waals surface area contributed by atoms with Gasteiger partial charge in [0.05, 0.1) is 6.04 Å². The maximum absolute atomic E-state index is 2.62. The van der Waals surface area contributed by atoms with E-state index < -0.39 is 0 Å². The Balaban J connectivity index is 1.34. The molecule has 7 aromatic carbocycles. The minimum absolute atomic E-state index is 0.0176. The van der Waals surface area contributed by atoms with Gasteiger partial charge in [-0.2, -0.15) is 0 Å². The van der Waals surface area contributed by atoms with Crippen LogP contribution in [-0.2, 0) is 5.41 Å². The molecule has 7 aromatic rings. The first kappa shape index (κ1) is 32.7. The maximum Gasteiger partial charge on any atom is 0.0663 e. The van der Waals surface area contributed by atoms with Gasteiger partial charge >= 0.3 is 0 Å². The van der Waals surface area contributed by atoms with Crippen molar-refractivity contribution in [3.05, 3.63) is 216 Å². The number of fused-ring (bicyclic) bond motifs is 3. The van der Waals surface area contributed by atoms with Gasteiger partial charge in [0.2, 0.25) is 0 Å². The molecule has 256 valence electrons. The molecule has 2 aliphatic carbocycles. The summed E-state index contributed by atoms with van der Waals surface area (Å²) in [6, 6.07) is 66.8. The fourth-order valence-electron chi connectivity index (χ4n) is 8.84. The maximum atomic E-state index is 2.62. The van der Waals surface area contributed by atoms with Crippen LogP contribution in [-0.4, -0.2) is 6.04 Å².